The molecule has 1 amide bonds. The largest absolute Gasteiger partial charge is 0.352 e. The third kappa shape index (κ3) is 2.47. The van der Waals surface area contributed by atoms with Gasteiger partial charge in [0.15, 0.2) is 0 Å². The van der Waals surface area contributed by atoms with Gasteiger partial charge in [-0.15, -0.1) is 0 Å². The van der Waals surface area contributed by atoms with Gasteiger partial charge in [-0.3, -0.25) is 9.48 Å². The fourth-order valence-corrected chi connectivity index (χ4v) is 3.76. The van der Waals surface area contributed by atoms with E-state index in [1.54, 1.807) is 6.20 Å². The molecular weight excluding hydrogens is 206 g/mol. The smallest absolute Gasteiger partial charge is 0.254 e. The van der Waals surface area contributed by atoms with Crippen LogP contribution in [0.15, 0.2) is 6.20 Å². The molecule has 0 atom stereocenters. The van der Waals surface area contributed by atoms with Gasteiger partial charge in [0.05, 0.1) is 11.8 Å². The summed E-state index contributed by atoms with van der Waals surface area (Å²) in [5, 5.41) is 8.10. The van der Waals surface area contributed by atoms with Crippen LogP contribution in [0.4, 0.5) is 0 Å². The van der Waals surface area contributed by atoms with Crippen LogP contribution in [0.5, 0.6) is 0 Å². The summed E-state index contributed by atoms with van der Waals surface area (Å²) < 4.78 is 1.83. The van der Waals surface area contributed by atoms with E-state index in [9.17, 15) is 4.79 Å². The van der Waals surface area contributed by atoms with Gasteiger partial charge in [0, 0.05) is 18.9 Å². The number of carbonyl (C=O) groups is 1. The van der Waals surface area contributed by atoms with Crippen molar-refractivity contribution >= 4 is 19.3 Å². The molecule has 0 fully saturated rings. The van der Waals surface area contributed by atoms with E-state index in [1.807, 2.05) is 18.7 Å². The monoisotopic (exact) mass is 225 g/mol. The molecule has 0 aliphatic heterocycles. The van der Waals surface area contributed by atoms with E-state index < -0.39 is 8.07 Å². The van der Waals surface area contributed by atoms with E-state index in [2.05, 4.69) is 30.1 Å². The van der Waals surface area contributed by atoms with Crippen LogP contribution >= 0.6 is 0 Å². The van der Waals surface area contributed by atoms with Crippen LogP contribution in [0.1, 0.15) is 17.3 Å². The molecule has 84 valence electrons. The second-order valence-corrected chi connectivity index (χ2v) is 9.61. The van der Waals surface area contributed by atoms with Crippen LogP contribution in [-0.4, -0.2) is 30.3 Å². The number of amides is 1. The highest BCUT2D eigenvalue weighted by Gasteiger charge is 2.27. The minimum Gasteiger partial charge on any atom is -0.352 e. The molecule has 0 unspecified atom stereocenters. The van der Waals surface area contributed by atoms with Gasteiger partial charge in [0.2, 0.25) is 0 Å². The third-order valence-corrected chi connectivity index (χ3v) is 4.24. The molecule has 0 saturated heterocycles. The standard InChI is InChI=1S/C10H19N3OSi/c1-6-11-9(14)8-7-12-13(2)10(8)15(3,4)5/h7H,6H2,1-5H3,(H,11,14). The van der Waals surface area contributed by atoms with Crippen molar-refractivity contribution in [1.29, 1.82) is 0 Å². The summed E-state index contributed by atoms with van der Waals surface area (Å²) >= 11 is 0. The predicted molar refractivity (Wildman–Crippen MR) is 64.2 cm³/mol. The van der Waals surface area contributed by atoms with Gasteiger partial charge in [-0.25, -0.2) is 0 Å². The highest BCUT2D eigenvalue weighted by atomic mass is 28.3. The molecule has 5 heteroatoms. The van der Waals surface area contributed by atoms with Gasteiger partial charge in [-0.05, 0) is 6.92 Å². The number of hydrogen-bond donors (Lipinski definition) is 1. The van der Waals surface area contributed by atoms with E-state index >= 15 is 0 Å². The van der Waals surface area contributed by atoms with Crippen LogP contribution < -0.4 is 10.6 Å². The Morgan fingerprint density at radius 1 is 1.53 bits per heavy atom. The van der Waals surface area contributed by atoms with Crippen LogP contribution in [0.25, 0.3) is 0 Å². The number of nitrogens with zero attached hydrogens (tertiary/aromatic N) is 2. The van der Waals surface area contributed by atoms with Gasteiger partial charge in [-0.1, -0.05) is 19.6 Å². The Balaban J connectivity index is 3.15. The van der Waals surface area contributed by atoms with Crippen molar-refractivity contribution in [2.45, 2.75) is 26.6 Å². The zero-order valence-corrected chi connectivity index (χ0v) is 11.1. The number of aryl methyl sites for hydroxylation is 1. The second-order valence-electron chi connectivity index (χ2n) is 4.64. The van der Waals surface area contributed by atoms with Crippen LogP contribution in [-0.2, 0) is 7.05 Å². The minimum atomic E-state index is -1.52. The quantitative estimate of drug-likeness (QED) is 0.770. The fraction of sp³-hybridized carbons (Fsp3) is 0.600. The molecule has 0 radical (unpaired) electrons. The van der Waals surface area contributed by atoms with E-state index in [1.165, 1.54) is 0 Å². The van der Waals surface area contributed by atoms with E-state index in [0.717, 1.165) is 10.9 Å². The maximum absolute atomic E-state index is 11.8. The molecule has 0 aliphatic carbocycles. The molecule has 1 rings (SSSR count). The number of hydrogen-bond acceptors (Lipinski definition) is 2. The fourth-order valence-electron chi connectivity index (χ4n) is 1.75. The molecule has 4 nitrogen and oxygen atoms in total. The normalized spacial score (nSPS) is 11.5. The van der Waals surface area contributed by atoms with Crippen molar-refractivity contribution in [3.05, 3.63) is 11.8 Å². The minimum absolute atomic E-state index is 0.0111. The molecule has 0 aliphatic rings. The molecule has 15 heavy (non-hydrogen) atoms. The van der Waals surface area contributed by atoms with Gasteiger partial charge in [-0.2, -0.15) is 5.10 Å². The molecule has 0 spiro atoms. The Morgan fingerprint density at radius 2 is 2.13 bits per heavy atom. The second kappa shape index (κ2) is 4.18. The Hall–Kier alpha value is -1.10. The molecule has 0 aromatic carbocycles. The van der Waals surface area contributed by atoms with Gasteiger partial charge < -0.3 is 5.32 Å². The van der Waals surface area contributed by atoms with Crippen LogP contribution in [0.2, 0.25) is 19.6 Å². The molecule has 1 aromatic rings. The Kier molecular flexibility index (Phi) is 3.34. The first kappa shape index (κ1) is 12.0. The van der Waals surface area contributed by atoms with Crippen molar-refractivity contribution in [2.75, 3.05) is 6.54 Å². The van der Waals surface area contributed by atoms with Gasteiger partial charge in [0.25, 0.3) is 5.91 Å². The third-order valence-electron chi connectivity index (χ3n) is 2.23. The van der Waals surface area contributed by atoms with E-state index in [-0.39, 0.29) is 5.91 Å². The SMILES string of the molecule is CCNC(=O)c1cnn(C)c1[Si](C)(C)C. The summed E-state index contributed by atoms with van der Waals surface area (Å²) in [5.74, 6) is -0.0111. The molecular formula is C10H19N3OSi. The van der Waals surface area contributed by atoms with Crippen LogP contribution in [0.3, 0.4) is 0 Å². The van der Waals surface area contributed by atoms with E-state index in [4.69, 9.17) is 0 Å². The first-order valence-electron chi connectivity index (χ1n) is 5.18. The zero-order valence-electron chi connectivity index (χ0n) is 10.1. The number of rotatable bonds is 3. The average Bonchev–Trinajstić information content (AvgIpc) is 2.46. The Morgan fingerprint density at radius 3 is 2.60 bits per heavy atom. The first-order valence-corrected chi connectivity index (χ1v) is 8.68. The Labute approximate surface area is 91.7 Å². The summed E-state index contributed by atoms with van der Waals surface area (Å²) in [5.41, 5.74) is 0.735. The maximum atomic E-state index is 11.8. The average molecular weight is 225 g/mol. The van der Waals surface area contributed by atoms with Crippen molar-refractivity contribution < 1.29 is 4.79 Å². The highest BCUT2D eigenvalue weighted by molar-refractivity contribution is 6.88. The predicted octanol–water partition coefficient (Wildman–Crippen LogP) is 0.715. The number of nitrogens with one attached hydrogen (secondary N) is 1. The summed E-state index contributed by atoms with van der Waals surface area (Å²) in [6.45, 7) is 9.22. The summed E-state index contributed by atoms with van der Waals surface area (Å²) in [4.78, 5) is 11.8. The zero-order chi connectivity index (χ0) is 11.6. The topological polar surface area (TPSA) is 46.9 Å². The molecule has 1 heterocycles. The molecule has 0 bridgehead atoms. The van der Waals surface area contributed by atoms with Crippen molar-refractivity contribution in [3.63, 3.8) is 0 Å². The summed E-state index contributed by atoms with van der Waals surface area (Å²) in [7, 11) is 0.377. The lowest BCUT2D eigenvalue weighted by Crippen LogP contribution is -2.46. The maximum Gasteiger partial charge on any atom is 0.254 e. The first-order chi connectivity index (χ1) is 6.88. The van der Waals surface area contributed by atoms with Crippen molar-refractivity contribution in [3.8, 4) is 0 Å². The lowest BCUT2D eigenvalue weighted by atomic mass is 10.3. The molecule has 0 saturated carbocycles. The van der Waals surface area contributed by atoms with Crippen molar-refractivity contribution in [1.82, 2.24) is 15.1 Å². The summed E-state index contributed by atoms with van der Waals surface area (Å²) in [6.07, 6.45) is 1.67. The van der Waals surface area contributed by atoms with Gasteiger partial charge in [0.1, 0.15) is 8.07 Å². The van der Waals surface area contributed by atoms with Crippen LogP contribution in [0, 0.1) is 0 Å². The Bertz CT molecular complexity index is 365. The number of carbonyl (C=O) groups excluding carboxylic acids is 1. The lowest BCUT2D eigenvalue weighted by Gasteiger charge is -2.18. The summed E-state index contributed by atoms with van der Waals surface area (Å²) in [6, 6.07) is 0. The molecule has 1 aromatic heterocycles. The molecule has 1 N–H and O–H groups in total. The highest BCUT2D eigenvalue weighted by Crippen LogP contribution is 2.06. The van der Waals surface area contributed by atoms with Crippen molar-refractivity contribution in [2.24, 2.45) is 7.05 Å². The number of aromatic nitrogens is 2. The van der Waals surface area contributed by atoms with Gasteiger partial charge >= 0.3 is 0 Å². The lowest BCUT2D eigenvalue weighted by molar-refractivity contribution is 0.0957. The van der Waals surface area contributed by atoms with E-state index in [0.29, 0.717) is 6.54 Å².